The summed E-state index contributed by atoms with van der Waals surface area (Å²) in [6.45, 7) is 1.90. The molecule has 2 aromatic rings. The Labute approximate surface area is 115 Å². The first kappa shape index (κ1) is 13.4. The summed E-state index contributed by atoms with van der Waals surface area (Å²) in [5.41, 5.74) is 1.50. The second kappa shape index (κ2) is 4.91. The highest BCUT2D eigenvalue weighted by atomic mass is 127. The standard InChI is InChI=1S/C12H9F3INO/c1-7-2-4-8(5-3-7)11-17-9(6-16)10(18-11)12(13,14)15/h2-5H,6H2,1H3. The predicted molar refractivity (Wildman–Crippen MR) is 69.4 cm³/mol. The molecular formula is C12H9F3INO. The summed E-state index contributed by atoms with van der Waals surface area (Å²) >= 11 is 1.83. The van der Waals surface area contributed by atoms with Crippen molar-refractivity contribution in [2.45, 2.75) is 17.5 Å². The van der Waals surface area contributed by atoms with Crippen molar-refractivity contribution in [2.75, 3.05) is 0 Å². The minimum atomic E-state index is -4.50. The maximum absolute atomic E-state index is 12.7. The van der Waals surface area contributed by atoms with E-state index in [1.165, 1.54) is 0 Å². The van der Waals surface area contributed by atoms with E-state index in [-0.39, 0.29) is 16.0 Å². The quantitative estimate of drug-likeness (QED) is 0.573. The Morgan fingerprint density at radius 3 is 2.28 bits per heavy atom. The van der Waals surface area contributed by atoms with Crippen molar-refractivity contribution < 1.29 is 17.6 Å². The van der Waals surface area contributed by atoms with Gasteiger partial charge < -0.3 is 4.42 Å². The number of oxazole rings is 1. The Morgan fingerprint density at radius 2 is 1.83 bits per heavy atom. The van der Waals surface area contributed by atoms with E-state index in [4.69, 9.17) is 4.42 Å². The zero-order valence-electron chi connectivity index (χ0n) is 9.38. The number of alkyl halides is 4. The van der Waals surface area contributed by atoms with E-state index < -0.39 is 11.9 Å². The van der Waals surface area contributed by atoms with Crippen molar-refractivity contribution in [2.24, 2.45) is 0 Å². The van der Waals surface area contributed by atoms with Crippen LogP contribution in [0.2, 0.25) is 0 Å². The number of aryl methyl sites for hydroxylation is 1. The van der Waals surface area contributed by atoms with Crippen molar-refractivity contribution in [3.05, 3.63) is 41.3 Å². The van der Waals surface area contributed by atoms with Crippen LogP contribution >= 0.6 is 22.6 Å². The molecular weight excluding hydrogens is 358 g/mol. The first-order valence-corrected chi connectivity index (χ1v) is 6.64. The minimum absolute atomic E-state index is 0.00833. The van der Waals surface area contributed by atoms with Gasteiger partial charge in [0.05, 0.1) is 0 Å². The van der Waals surface area contributed by atoms with Crippen molar-refractivity contribution in [1.29, 1.82) is 0 Å². The van der Waals surface area contributed by atoms with Crippen LogP contribution in [0, 0.1) is 6.92 Å². The lowest BCUT2D eigenvalue weighted by atomic mass is 10.1. The van der Waals surface area contributed by atoms with Gasteiger partial charge >= 0.3 is 6.18 Å². The summed E-state index contributed by atoms with van der Waals surface area (Å²) in [4.78, 5) is 3.90. The van der Waals surface area contributed by atoms with Crippen molar-refractivity contribution >= 4 is 22.6 Å². The van der Waals surface area contributed by atoms with Gasteiger partial charge in [-0.3, -0.25) is 0 Å². The highest BCUT2D eigenvalue weighted by molar-refractivity contribution is 14.1. The van der Waals surface area contributed by atoms with E-state index >= 15 is 0 Å². The Hall–Kier alpha value is -1.05. The van der Waals surface area contributed by atoms with E-state index in [1.807, 2.05) is 29.5 Å². The molecule has 0 spiro atoms. The van der Waals surface area contributed by atoms with Crippen LogP contribution in [-0.2, 0) is 10.6 Å². The Balaban J connectivity index is 2.47. The van der Waals surface area contributed by atoms with Gasteiger partial charge in [-0.15, -0.1) is 0 Å². The number of rotatable bonds is 2. The van der Waals surface area contributed by atoms with Gasteiger partial charge in [0.15, 0.2) is 0 Å². The SMILES string of the molecule is Cc1ccc(-c2nc(CI)c(C(F)(F)F)o2)cc1. The lowest BCUT2D eigenvalue weighted by molar-refractivity contribution is -0.153. The van der Waals surface area contributed by atoms with Crippen LogP contribution in [0.15, 0.2) is 28.7 Å². The molecule has 6 heteroatoms. The molecule has 0 radical (unpaired) electrons. The maximum Gasteiger partial charge on any atom is 0.451 e. The monoisotopic (exact) mass is 367 g/mol. The minimum Gasteiger partial charge on any atom is -0.431 e. The Morgan fingerprint density at radius 1 is 1.22 bits per heavy atom. The van der Waals surface area contributed by atoms with Gasteiger partial charge in [-0.1, -0.05) is 40.3 Å². The smallest absolute Gasteiger partial charge is 0.431 e. The highest BCUT2D eigenvalue weighted by Gasteiger charge is 2.39. The van der Waals surface area contributed by atoms with Crippen LogP contribution in [0.1, 0.15) is 17.0 Å². The fourth-order valence-corrected chi connectivity index (χ4v) is 2.00. The summed E-state index contributed by atoms with van der Waals surface area (Å²) < 4.78 is 43.1. The number of hydrogen-bond acceptors (Lipinski definition) is 2. The zero-order valence-corrected chi connectivity index (χ0v) is 11.5. The first-order valence-electron chi connectivity index (χ1n) is 5.11. The first-order chi connectivity index (χ1) is 8.41. The van der Waals surface area contributed by atoms with Crippen LogP contribution in [0.5, 0.6) is 0 Å². The van der Waals surface area contributed by atoms with Crippen molar-refractivity contribution in [1.82, 2.24) is 4.98 Å². The molecule has 0 aliphatic rings. The average Bonchev–Trinajstić information content (AvgIpc) is 2.73. The summed E-state index contributed by atoms with van der Waals surface area (Å²) in [6, 6.07) is 6.99. The molecule has 0 aliphatic heterocycles. The molecule has 2 nitrogen and oxygen atoms in total. The van der Waals surface area contributed by atoms with Gasteiger partial charge in [-0.05, 0) is 19.1 Å². The lowest BCUT2D eigenvalue weighted by Crippen LogP contribution is -2.05. The average molecular weight is 367 g/mol. The molecule has 0 amide bonds. The van der Waals surface area contributed by atoms with Crippen LogP contribution in [0.25, 0.3) is 11.5 Å². The molecule has 96 valence electrons. The van der Waals surface area contributed by atoms with Gasteiger partial charge in [0.25, 0.3) is 0 Å². The molecule has 0 saturated carbocycles. The number of halogens is 4. The molecule has 0 bridgehead atoms. The van der Waals surface area contributed by atoms with Crippen LogP contribution in [0.4, 0.5) is 13.2 Å². The lowest BCUT2D eigenvalue weighted by Gasteiger charge is -2.02. The van der Waals surface area contributed by atoms with Gasteiger partial charge in [0.2, 0.25) is 11.7 Å². The van der Waals surface area contributed by atoms with Crippen LogP contribution < -0.4 is 0 Å². The molecule has 0 fully saturated rings. The third kappa shape index (κ3) is 2.68. The molecule has 2 rings (SSSR count). The van der Waals surface area contributed by atoms with Gasteiger partial charge in [0, 0.05) is 9.99 Å². The van der Waals surface area contributed by atoms with Gasteiger partial charge in [-0.25, -0.2) is 4.98 Å². The van der Waals surface area contributed by atoms with E-state index in [9.17, 15) is 13.2 Å². The van der Waals surface area contributed by atoms with Gasteiger partial charge in [-0.2, -0.15) is 13.2 Å². The maximum atomic E-state index is 12.7. The van der Waals surface area contributed by atoms with Crippen LogP contribution in [0.3, 0.4) is 0 Å². The summed E-state index contributed by atoms with van der Waals surface area (Å²) in [6.07, 6.45) is -4.50. The van der Waals surface area contributed by atoms with E-state index in [0.717, 1.165) is 5.56 Å². The molecule has 0 N–H and O–H groups in total. The zero-order chi connectivity index (χ0) is 13.3. The largest absolute Gasteiger partial charge is 0.451 e. The number of aromatic nitrogens is 1. The van der Waals surface area contributed by atoms with E-state index in [1.54, 1.807) is 24.3 Å². The molecule has 0 saturated heterocycles. The van der Waals surface area contributed by atoms with Crippen LogP contribution in [-0.4, -0.2) is 4.98 Å². The fourth-order valence-electron chi connectivity index (χ4n) is 1.48. The second-order valence-corrected chi connectivity index (χ2v) is 4.56. The molecule has 1 aromatic heterocycles. The summed E-state index contributed by atoms with van der Waals surface area (Å²) in [7, 11) is 0. The topological polar surface area (TPSA) is 26.0 Å². The number of benzene rings is 1. The fraction of sp³-hybridized carbons (Fsp3) is 0.250. The van der Waals surface area contributed by atoms with Crippen molar-refractivity contribution in [3.63, 3.8) is 0 Å². The molecule has 18 heavy (non-hydrogen) atoms. The third-order valence-electron chi connectivity index (χ3n) is 2.38. The third-order valence-corrected chi connectivity index (χ3v) is 3.10. The normalized spacial score (nSPS) is 11.8. The Bertz CT molecular complexity index is 545. The Kier molecular flexibility index (Phi) is 3.65. The van der Waals surface area contributed by atoms with E-state index in [2.05, 4.69) is 4.98 Å². The summed E-state index contributed by atoms with van der Waals surface area (Å²) in [5.74, 6) is -0.999. The second-order valence-electron chi connectivity index (χ2n) is 3.79. The molecule has 0 unspecified atom stereocenters. The van der Waals surface area contributed by atoms with E-state index in [0.29, 0.717) is 5.56 Å². The predicted octanol–water partition coefficient (Wildman–Crippen LogP) is 4.60. The molecule has 1 aromatic carbocycles. The number of hydrogen-bond donors (Lipinski definition) is 0. The molecule has 0 atom stereocenters. The summed E-state index contributed by atoms with van der Waals surface area (Å²) in [5, 5.41) is 0. The molecule has 0 aliphatic carbocycles. The number of nitrogens with zero attached hydrogens (tertiary/aromatic N) is 1. The van der Waals surface area contributed by atoms with Gasteiger partial charge in [0.1, 0.15) is 5.69 Å². The highest BCUT2D eigenvalue weighted by Crippen LogP contribution is 2.36. The molecule has 1 heterocycles. The van der Waals surface area contributed by atoms with Crippen molar-refractivity contribution in [3.8, 4) is 11.5 Å².